The number of anilines is 1. The van der Waals surface area contributed by atoms with Crippen molar-refractivity contribution in [2.45, 2.75) is 25.8 Å². The SMILES string of the molecule is COc1ccccc1N1CCN(CCCCn2cc(Cc3ccccc3)nn2)CC1. The minimum atomic E-state index is 0.845. The fourth-order valence-corrected chi connectivity index (χ4v) is 4.05. The van der Waals surface area contributed by atoms with E-state index in [9.17, 15) is 0 Å². The average molecular weight is 406 g/mol. The Morgan fingerprint density at radius 3 is 2.40 bits per heavy atom. The van der Waals surface area contributed by atoms with Crippen LogP contribution in [0.1, 0.15) is 24.1 Å². The van der Waals surface area contributed by atoms with Crippen LogP contribution < -0.4 is 9.64 Å². The molecule has 6 nitrogen and oxygen atoms in total. The maximum atomic E-state index is 5.51. The van der Waals surface area contributed by atoms with Crippen LogP contribution in [0.5, 0.6) is 5.75 Å². The molecule has 1 saturated heterocycles. The lowest BCUT2D eigenvalue weighted by molar-refractivity contribution is 0.250. The van der Waals surface area contributed by atoms with Gasteiger partial charge in [0.05, 0.1) is 18.5 Å². The van der Waals surface area contributed by atoms with Gasteiger partial charge >= 0.3 is 0 Å². The van der Waals surface area contributed by atoms with Crippen molar-refractivity contribution in [3.05, 3.63) is 72.1 Å². The van der Waals surface area contributed by atoms with E-state index >= 15 is 0 Å². The van der Waals surface area contributed by atoms with Crippen molar-refractivity contribution in [2.75, 3.05) is 44.7 Å². The lowest BCUT2D eigenvalue weighted by Gasteiger charge is -2.36. The Kier molecular flexibility index (Phi) is 6.98. The number of hydrogen-bond donors (Lipinski definition) is 0. The van der Waals surface area contributed by atoms with Gasteiger partial charge in [0.1, 0.15) is 5.75 Å². The second kappa shape index (κ2) is 10.3. The first kappa shape index (κ1) is 20.4. The van der Waals surface area contributed by atoms with Gasteiger partial charge in [-0.3, -0.25) is 9.58 Å². The van der Waals surface area contributed by atoms with Crippen LogP contribution in [0.15, 0.2) is 60.8 Å². The minimum Gasteiger partial charge on any atom is -0.495 e. The maximum absolute atomic E-state index is 5.51. The summed E-state index contributed by atoms with van der Waals surface area (Å²) in [7, 11) is 1.74. The van der Waals surface area contributed by atoms with Crippen LogP contribution in [-0.4, -0.2) is 59.7 Å². The Balaban J connectivity index is 1.16. The fraction of sp³-hybridized carbons (Fsp3) is 0.417. The number of rotatable bonds is 9. The lowest BCUT2D eigenvalue weighted by Crippen LogP contribution is -2.46. The highest BCUT2D eigenvalue weighted by Gasteiger charge is 2.19. The molecule has 0 amide bonds. The zero-order chi connectivity index (χ0) is 20.6. The number of para-hydroxylation sites is 2. The van der Waals surface area contributed by atoms with E-state index in [4.69, 9.17) is 4.74 Å². The predicted octanol–water partition coefficient (Wildman–Crippen LogP) is 3.48. The zero-order valence-corrected chi connectivity index (χ0v) is 17.8. The third kappa shape index (κ3) is 5.39. The zero-order valence-electron chi connectivity index (χ0n) is 17.8. The first-order chi connectivity index (χ1) is 14.8. The van der Waals surface area contributed by atoms with Gasteiger partial charge in [-0.1, -0.05) is 47.7 Å². The molecule has 6 heteroatoms. The Bertz CT molecular complexity index is 903. The highest BCUT2D eigenvalue weighted by molar-refractivity contribution is 5.58. The van der Waals surface area contributed by atoms with Crippen LogP contribution in [0.25, 0.3) is 0 Å². The topological polar surface area (TPSA) is 46.4 Å². The smallest absolute Gasteiger partial charge is 0.142 e. The van der Waals surface area contributed by atoms with Crippen LogP contribution in [-0.2, 0) is 13.0 Å². The van der Waals surface area contributed by atoms with Gasteiger partial charge in [-0.05, 0) is 37.1 Å². The largest absolute Gasteiger partial charge is 0.495 e. The van der Waals surface area contributed by atoms with Crippen LogP contribution in [0.4, 0.5) is 5.69 Å². The second-order valence-corrected chi connectivity index (χ2v) is 7.84. The van der Waals surface area contributed by atoms with Gasteiger partial charge in [-0.25, -0.2) is 0 Å². The number of ether oxygens (including phenoxy) is 1. The van der Waals surface area contributed by atoms with E-state index in [0.717, 1.165) is 63.6 Å². The summed E-state index contributed by atoms with van der Waals surface area (Å²) in [5.41, 5.74) is 3.52. The molecule has 2 heterocycles. The maximum Gasteiger partial charge on any atom is 0.142 e. The molecule has 1 aliphatic heterocycles. The Morgan fingerprint density at radius 2 is 1.60 bits per heavy atom. The monoisotopic (exact) mass is 405 g/mol. The first-order valence-electron chi connectivity index (χ1n) is 10.8. The number of hydrogen-bond acceptors (Lipinski definition) is 5. The molecule has 0 saturated carbocycles. The molecule has 0 atom stereocenters. The molecule has 0 aliphatic carbocycles. The number of aryl methyl sites for hydroxylation is 1. The summed E-state index contributed by atoms with van der Waals surface area (Å²) in [6, 6.07) is 18.7. The number of aromatic nitrogens is 3. The number of nitrogens with zero attached hydrogens (tertiary/aromatic N) is 5. The number of benzene rings is 2. The molecule has 1 fully saturated rings. The summed E-state index contributed by atoms with van der Waals surface area (Å²) < 4.78 is 7.50. The standard InChI is InChI=1S/C24H31N5O/c1-30-24-12-6-5-11-23(24)28-17-15-27(16-18-28)13-7-8-14-29-20-22(25-26-29)19-21-9-3-2-4-10-21/h2-6,9-12,20H,7-8,13-19H2,1H3. The Hall–Kier alpha value is -2.86. The third-order valence-electron chi connectivity index (χ3n) is 5.72. The van der Waals surface area contributed by atoms with Gasteiger partial charge in [0, 0.05) is 45.3 Å². The summed E-state index contributed by atoms with van der Waals surface area (Å²) >= 11 is 0. The number of piperazine rings is 1. The minimum absolute atomic E-state index is 0.845. The summed E-state index contributed by atoms with van der Waals surface area (Å²) in [5.74, 6) is 0.963. The molecular weight excluding hydrogens is 374 g/mol. The summed E-state index contributed by atoms with van der Waals surface area (Å²) in [6.07, 6.45) is 5.24. The quantitative estimate of drug-likeness (QED) is 0.510. The lowest BCUT2D eigenvalue weighted by atomic mass is 10.1. The van der Waals surface area contributed by atoms with E-state index in [0.29, 0.717) is 0 Å². The van der Waals surface area contributed by atoms with Crippen molar-refractivity contribution in [3.8, 4) is 5.75 Å². The molecule has 1 aliphatic rings. The molecule has 3 aromatic rings. The van der Waals surface area contributed by atoms with Crippen LogP contribution in [0.2, 0.25) is 0 Å². The molecule has 1 aromatic heterocycles. The Morgan fingerprint density at radius 1 is 0.867 bits per heavy atom. The predicted molar refractivity (Wildman–Crippen MR) is 120 cm³/mol. The van der Waals surface area contributed by atoms with Crippen molar-refractivity contribution < 1.29 is 4.74 Å². The molecule has 4 rings (SSSR count). The van der Waals surface area contributed by atoms with E-state index in [-0.39, 0.29) is 0 Å². The van der Waals surface area contributed by atoms with Crippen LogP contribution in [0, 0.1) is 0 Å². The first-order valence-corrected chi connectivity index (χ1v) is 10.8. The van der Waals surface area contributed by atoms with Gasteiger partial charge in [-0.15, -0.1) is 5.10 Å². The van der Waals surface area contributed by atoms with Crippen molar-refractivity contribution in [1.82, 2.24) is 19.9 Å². The van der Waals surface area contributed by atoms with Crippen LogP contribution >= 0.6 is 0 Å². The third-order valence-corrected chi connectivity index (χ3v) is 5.72. The number of methoxy groups -OCH3 is 1. The average Bonchev–Trinajstić information content (AvgIpc) is 3.25. The van der Waals surface area contributed by atoms with Gasteiger partial charge < -0.3 is 9.64 Å². The normalized spacial score (nSPS) is 14.8. The van der Waals surface area contributed by atoms with Crippen molar-refractivity contribution in [3.63, 3.8) is 0 Å². The van der Waals surface area contributed by atoms with E-state index in [1.165, 1.54) is 17.7 Å². The molecule has 30 heavy (non-hydrogen) atoms. The van der Waals surface area contributed by atoms with Gasteiger partial charge in [0.15, 0.2) is 0 Å². The molecular formula is C24H31N5O. The highest BCUT2D eigenvalue weighted by Crippen LogP contribution is 2.28. The van der Waals surface area contributed by atoms with Gasteiger partial charge in [0.25, 0.3) is 0 Å². The highest BCUT2D eigenvalue weighted by atomic mass is 16.5. The van der Waals surface area contributed by atoms with Crippen molar-refractivity contribution in [1.29, 1.82) is 0 Å². The van der Waals surface area contributed by atoms with Gasteiger partial charge in [0.2, 0.25) is 0 Å². The van der Waals surface area contributed by atoms with E-state index in [1.54, 1.807) is 7.11 Å². The van der Waals surface area contributed by atoms with Gasteiger partial charge in [-0.2, -0.15) is 0 Å². The van der Waals surface area contributed by atoms with E-state index in [2.05, 4.69) is 62.7 Å². The number of unbranched alkanes of at least 4 members (excludes halogenated alkanes) is 1. The molecule has 0 radical (unpaired) electrons. The molecule has 0 unspecified atom stereocenters. The molecule has 0 N–H and O–H groups in total. The van der Waals surface area contributed by atoms with Crippen molar-refractivity contribution >= 4 is 5.69 Å². The van der Waals surface area contributed by atoms with Crippen LogP contribution in [0.3, 0.4) is 0 Å². The molecule has 158 valence electrons. The molecule has 2 aromatic carbocycles. The molecule has 0 spiro atoms. The van der Waals surface area contributed by atoms with Crippen molar-refractivity contribution in [2.24, 2.45) is 0 Å². The summed E-state index contributed by atoms with van der Waals surface area (Å²) in [5, 5.41) is 8.61. The fourth-order valence-electron chi connectivity index (χ4n) is 4.05. The van der Waals surface area contributed by atoms with E-state index in [1.807, 2.05) is 22.9 Å². The molecule has 0 bridgehead atoms. The van der Waals surface area contributed by atoms with E-state index < -0.39 is 0 Å². The Labute approximate surface area is 179 Å². The summed E-state index contributed by atoms with van der Waals surface area (Å²) in [4.78, 5) is 4.99. The summed E-state index contributed by atoms with van der Waals surface area (Å²) in [6.45, 7) is 6.37. The second-order valence-electron chi connectivity index (χ2n) is 7.84.